The highest BCUT2D eigenvalue weighted by atomic mass is 16.5. The molecule has 1 aliphatic rings. The smallest absolute Gasteiger partial charge is 0.119 e. The maximum Gasteiger partial charge on any atom is 0.119 e. The second kappa shape index (κ2) is 3.75. The fourth-order valence-electron chi connectivity index (χ4n) is 2.14. The second-order valence-corrected chi connectivity index (χ2v) is 4.20. The van der Waals surface area contributed by atoms with Gasteiger partial charge in [-0.1, -0.05) is 20.8 Å². The molecule has 1 rings (SSSR count). The first-order valence-electron chi connectivity index (χ1n) is 4.97. The number of likely N-dealkylation sites (N-methyl/N-ethyl adjacent to an activating group) is 1. The summed E-state index contributed by atoms with van der Waals surface area (Å²) in [6.45, 7) is 12.0. The number of ether oxygens (including phenoxy) is 1. The molecule has 0 aromatic carbocycles. The molecular weight excluding hydrogens is 150 g/mol. The Labute approximate surface area is 75.9 Å². The SMILES string of the molecule is CCN1CCOC1(C)CC(C)C. The maximum atomic E-state index is 5.78. The van der Waals surface area contributed by atoms with Gasteiger partial charge in [-0.25, -0.2) is 0 Å². The summed E-state index contributed by atoms with van der Waals surface area (Å²) in [5.74, 6) is 0.710. The van der Waals surface area contributed by atoms with Gasteiger partial charge in [-0.3, -0.25) is 4.90 Å². The molecule has 2 nitrogen and oxygen atoms in total. The molecule has 0 aromatic rings. The molecule has 1 heterocycles. The van der Waals surface area contributed by atoms with Crippen molar-refractivity contribution >= 4 is 0 Å². The van der Waals surface area contributed by atoms with Crippen LogP contribution in [0.5, 0.6) is 0 Å². The molecule has 12 heavy (non-hydrogen) atoms. The van der Waals surface area contributed by atoms with E-state index in [1.54, 1.807) is 0 Å². The van der Waals surface area contributed by atoms with E-state index in [1.807, 2.05) is 0 Å². The zero-order valence-corrected chi connectivity index (χ0v) is 8.76. The molecule has 72 valence electrons. The van der Waals surface area contributed by atoms with Crippen LogP contribution in [0.15, 0.2) is 0 Å². The Hall–Kier alpha value is -0.0800. The average Bonchev–Trinajstić information content (AvgIpc) is 2.28. The summed E-state index contributed by atoms with van der Waals surface area (Å²) >= 11 is 0. The van der Waals surface area contributed by atoms with E-state index < -0.39 is 0 Å². The zero-order valence-electron chi connectivity index (χ0n) is 8.76. The predicted molar refractivity (Wildman–Crippen MR) is 51.1 cm³/mol. The molecule has 0 bridgehead atoms. The molecule has 1 fully saturated rings. The summed E-state index contributed by atoms with van der Waals surface area (Å²) < 4.78 is 5.78. The minimum absolute atomic E-state index is 0.0168. The molecule has 0 aromatic heterocycles. The first-order valence-corrected chi connectivity index (χ1v) is 4.97. The van der Waals surface area contributed by atoms with Crippen molar-refractivity contribution in [1.82, 2.24) is 4.90 Å². The highest BCUT2D eigenvalue weighted by Gasteiger charge is 2.36. The largest absolute Gasteiger partial charge is 0.359 e. The van der Waals surface area contributed by atoms with Crippen molar-refractivity contribution in [3.63, 3.8) is 0 Å². The van der Waals surface area contributed by atoms with E-state index in [0.717, 1.165) is 26.1 Å². The fraction of sp³-hybridized carbons (Fsp3) is 1.00. The van der Waals surface area contributed by atoms with E-state index in [2.05, 4.69) is 32.6 Å². The molecule has 1 unspecified atom stereocenters. The van der Waals surface area contributed by atoms with Crippen molar-refractivity contribution in [2.24, 2.45) is 5.92 Å². The van der Waals surface area contributed by atoms with Crippen LogP contribution >= 0.6 is 0 Å². The summed E-state index contributed by atoms with van der Waals surface area (Å²) in [5, 5.41) is 0. The van der Waals surface area contributed by atoms with Crippen LogP contribution in [0, 0.1) is 5.92 Å². The zero-order chi connectivity index (χ0) is 9.19. The van der Waals surface area contributed by atoms with Crippen LogP contribution in [-0.4, -0.2) is 30.3 Å². The van der Waals surface area contributed by atoms with Gasteiger partial charge in [-0.2, -0.15) is 0 Å². The van der Waals surface area contributed by atoms with Crippen LogP contribution in [0.25, 0.3) is 0 Å². The molecule has 1 aliphatic heterocycles. The van der Waals surface area contributed by atoms with Crippen LogP contribution in [0.1, 0.15) is 34.1 Å². The van der Waals surface area contributed by atoms with Gasteiger partial charge in [0.05, 0.1) is 6.61 Å². The van der Waals surface area contributed by atoms with Crippen molar-refractivity contribution in [3.8, 4) is 0 Å². The minimum Gasteiger partial charge on any atom is -0.359 e. The van der Waals surface area contributed by atoms with Crippen molar-refractivity contribution < 1.29 is 4.74 Å². The van der Waals surface area contributed by atoms with Crippen molar-refractivity contribution in [3.05, 3.63) is 0 Å². The van der Waals surface area contributed by atoms with Gasteiger partial charge in [0.1, 0.15) is 5.72 Å². The van der Waals surface area contributed by atoms with Crippen LogP contribution in [0.3, 0.4) is 0 Å². The summed E-state index contributed by atoms with van der Waals surface area (Å²) in [7, 11) is 0. The number of hydrogen-bond donors (Lipinski definition) is 0. The topological polar surface area (TPSA) is 12.5 Å². The van der Waals surface area contributed by atoms with Gasteiger partial charge in [-0.15, -0.1) is 0 Å². The standard InChI is InChI=1S/C10H21NO/c1-5-11-6-7-12-10(11,4)8-9(2)3/h9H,5-8H2,1-4H3. The van der Waals surface area contributed by atoms with Crippen LogP contribution in [0.2, 0.25) is 0 Å². The quantitative estimate of drug-likeness (QED) is 0.645. The molecule has 0 saturated carbocycles. The van der Waals surface area contributed by atoms with Gasteiger partial charge in [0.2, 0.25) is 0 Å². The predicted octanol–water partition coefficient (Wildman–Crippen LogP) is 2.10. The van der Waals surface area contributed by atoms with Crippen molar-refractivity contribution in [2.45, 2.75) is 39.8 Å². The van der Waals surface area contributed by atoms with Crippen LogP contribution in [0.4, 0.5) is 0 Å². The van der Waals surface area contributed by atoms with Crippen LogP contribution in [-0.2, 0) is 4.74 Å². The Bertz CT molecular complexity index is 147. The Morgan fingerprint density at radius 1 is 1.50 bits per heavy atom. The lowest BCUT2D eigenvalue weighted by Gasteiger charge is -2.34. The summed E-state index contributed by atoms with van der Waals surface area (Å²) in [6.07, 6.45) is 1.14. The third-order valence-electron chi connectivity index (χ3n) is 2.61. The van der Waals surface area contributed by atoms with E-state index in [0.29, 0.717) is 5.92 Å². The molecule has 0 amide bonds. The lowest BCUT2D eigenvalue weighted by atomic mass is 10.0. The number of hydrogen-bond acceptors (Lipinski definition) is 2. The lowest BCUT2D eigenvalue weighted by Crippen LogP contribution is -2.43. The van der Waals surface area contributed by atoms with Gasteiger partial charge in [-0.05, 0) is 25.8 Å². The normalized spacial score (nSPS) is 31.8. The summed E-state index contributed by atoms with van der Waals surface area (Å²) in [6, 6.07) is 0. The third kappa shape index (κ3) is 1.99. The average molecular weight is 171 g/mol. The van der Waals surface area contributed by atoms with Gasteiger partial charge in [0.15, 0.2) is 0 Å². The van der Waals surface area contributed by atoms with Gasteiger partial charge in [0.25, 0.3) is 0 Å². The van der Waals surface area contributed by atoms with E-state index in [-0.39, 0.29) is 5.72 Å². The van der Waals surface area contributed by atoms with E-state index in [1.165, 1.54) is 0 Å². The molecule has 1 atom stereocenters. The van der Waals surface area contributed by atoms with Crippen LogP contribution < -0.4 is 0 Å². The molecule has 1 saturated heterocycles. The summed E-state index contributed by atoms with van der Waals surface area (Å²) in [5.41, 5.74) is 0.0168. The van der Waals surface area contributed by atoms with E-state index >= 15 is 0 Å². The Kier molecular flexibility index (Phi) is 3.13. The first kappa shape index (κ1) is 10.0. The van der Waals surface area contributed by atoms with E-state index in [4.69, 9.17) is 4.74 Å². The lowest BCUT2D eigenvalue weighted by molar-refractivity contribution is -0.0784. The highest BCUT2D eigenvalue weighted by Crippen LogP contribution is 2.29. The Morgan fingerprint density at radius 2 is 2.17 bits per heavy atom. The molecular formula is C10H21NO. The van der Waals surface area contributed by atoms with Gasteiger partial charge >= 0.3 is 0 Å². The maximum absolute atomic E-state index is 5.78. The number of nitrogens with zero attached hydrogens (tertiary/aromatic N) is 1. The summed E-state index contributed by atoms with van der Waals surface area (Å²) in [4.78, 5) is 2.42. The highest BCUT2D eigenvalue weighted by molar-refractivity contribution is 4.82. The third-order valence-corrected chi connectivity index (χ3v) is 2.61. The van der Waals surface area contributed by atoms with Gasteiger partial charge < -0.3 is 4.74 Å². The molecule has 0 aliphatic carbocycles. The molecule has 0 radical (unpaired) electrons. The first-order chi connectivity index (χ1) is 5.58. The Morgan fingerprint density at radius 3 is 2.67 bits per heavy atom. The van der Waals surface area contributed by atoms with Crippen molar-refractivity contribution in [2.75, 3.05) is 19.7 Å². The molecule has 2 heteroatoms. The molecule has 0 N–H and O–H groups in total. The van der Waals surface area contributed by atoms with Gasteiger partial charge in [0, 0.05) is 6.54 Å². The van der Waals surface area contributed by atoms with Crippen molar-refractivity contribution in [1.29, 1.82) is 0 Å². The Balaban J connectivity index is 2.55. The molecule has 0 spiro atoms. The second-order valence-electron chi connectivity index (χ2n) is 4.20. The minimum atomic E-state index is 0.0168. The van der Waals surface area contributed by atoms with E-state index in [9.17, 15) is 0 Å². The monoisotopic (exact) mass is 171 g/mol. The number of rotatable bonds is 3. The fourth-order valence-corrected chi connectivity index (χ4v) is 2.14.